The number of anilines is 1. The number of imide groups is 1. The van der Waals surface area contributed by atoms with Gasteiger partial charge in [0.2, 0.25) is 5.91 Å². The summed E-state index contributed by atoms with van der Waals surface area (Å²) in [4.78, 5) is 43.9. The minimum absolute atomic E-state index is 0.105. The summed E-state index contributed by atoms with van der Waals surface area (Å²) in [5.74, 6) is -0.192. The van der Waals surface area contributed by atoms with Gasteiger partial charge in [0, 0.05) is 37.4 Å². The highest BCUT2D eigenvalue weighted by Gasteiger charge is 2.37. The second kappa shape index (κ2) is 13.0. The van der Waals surface area contributed by atoms with Crippen molar-refractivity contribution in [2.45, 2.75) is 6.61 Å². The Kier molecular flexibility index (Phi) is 9.00. The molecule has 0 bridgehead atoms. The van der Waals surface area contributed by atoms with Crippen LogP contribution in [-0.4, -0.2) is 66.7 Å². The third-order valence-corrected chi connectivity index (χ3v) is 8.17. The Morgan fingerprint density at radius 1 is 1.05 bits per heavy atom. The van der Waals surface area contributed by atoms with Crippen molar-refractivity contribution in [2.75, 3.05) is 44.7 Å². The molecule has 2 fully saturated rings. The monoisotopic (exact) mass is 602 g/mol. The summed E-state index contributed by atoms with van der Waals surface area (Å²) >= 11 is 7.29. The third-order valence-electron chi connectivity index (χ3n) is 6.98. The van der Waals surface area contributed by atoms with Gasteiger partial charge in [-0.25, -0.2) is 0 Å². The first-order chi connectivity index (χ1) is 20.4. The van der Waals surface area contributed by atoms with E-state index in [1.807, 2.05) is 36.4 Å². The molecule has 0 atom stereocenters. The SMILES string of the molecule is COc1cc(/C=C2\SC(=O)N(CC(=O)N3CCN(c4ccccc4)CC3)C2=O)cc(Cl)c1OCc1ccccc1C#N. The molecule has 2 aliphatic heterocycles. The van der Waals surface area contributed by atoms with Gasteiger partial charge in [-0.3, -0.25) is 19.3 Å². The van der Waals surface area contributed by atoms with Gasteiger partial charge in [0.25, 0.3) is 11.1 Å². The number of methoxy groups -OCH3 is 1. The van der Waals surface area contributed by atoms with E-state index in [0.29, 0.717) is 48.6 Å². The predicted molar refractivity (Wildman–Crippen MR) is 161 cm³/mol. The minimum Gasteiger partial charge on any atom is -0.493 e. The highest BCUT2D eigenvalue weighted by atomic mass is 35.5. The summed E-state index contributed by atoms with van der Waals surface area (Å²) in [6.07, 6.45) is 1.54. The molecule has 2 heterocycles. The van der Waals surface area contributed by atoms with Crippen LogP contribution in [0.1, 0.15) is 16.7 Å². The van der Waals surface area contributed by atoms with Gasteiger partial charge in [0.15, 0.2) is 11.5 Å². The van der Waals surface area contributed by atoms with Crippen molar-refractivity contribution in [2.24, 2.45) is 0 Å². The molecule has 11 heteroatoms. The molecule has 9 nitrogen and oxygen atoms in total. The number of ether oxygens (including phenoxy) is 2. The molecule has 3 aromatic rings. The number of carbonyl (C=O) groups is 3. The molecular weight excluding hydrogens is 576 g/mol. The standard InChI is InChI=1S/C31H27ClN4O5S/c1-40-26-16-21(15-25(32)29(26)41-20-23-8-6-5-7-22(23)18-33)17-27-30(38)36(31(39)42-27)19-28(37)35-13-11-34(12-14-35)24-9-3-2-4-10-24/h2-10,15-17H,11-14,19-20H2,1H3/b27-17-. The van der Waals surface area contributed by atoms with E-state index in [-0.39, 0.29) is 34.7 Å². The van der Waals surface area contributed by atoms with Crippen molar-refractivity contribution in [3.63, 3.8) is 0 Å². The Bertz CT molecular complexity index is 1580. The van der Waals surface area contributed by atoms with Crippen molar-refractivity contribution in [3.05, 3.63) is 93.3 Å². The van der Waals surface area contributed by atoms with Crippen LogP contribution in [0.4, 0.5) is 10.5 Å². The smallest absolute Gasteiger partial charge is 0.294 e. The van der Waals surface area contributed by atoms with E-state index in [0.717, 1.165) is 22.3 Å². The van der Waals surface area contributed by atoms with Crippen LogP contribution in [0.2, 0.25) is 5.02 Å². The maximum atomic E-state index is 13.1. The summed E-state index contributed by atoms with van der Waals surface area (Å²) in [6, 6.07) is 22.4. The highest BCUT2D eigenvalue weighted by molar-refractivity contribution is 8.18. The number of rotatable bonds is 8. The number of carbonyl (C=O) groups excluding carboxylic acids is 3. The van der Waals surface area contributed by atoms with Gasteiger partial charge >= 0.3 is 0 Å². The fourth-order valence-corrected chi connectivity index (χ4v) is 5.86. The van der Waals surface area contributed by atoms with E-state index >= 15 is 0 Å². The quantitative estimate of drug-likeness (QED) is 0.325. The first-order valence-electron chi connectivity index (χ1n) is 13.2. The van der Waals surface area contributed by atoms with Crippen molar-refractivity contribution in [1.29, 1.82) is 5.26 Å². The number of hydrogen-bond acceptors (Lipinski definition) is 8. The summed E-state index contributed by atoms with van der Waals surface area (Å²) in [6.45, 7) is 2.15. The molecule has 3 aromatic carbocycles. The van der Waals surface area contributed by atoms with E-state index < -0.39 is 11.1 Å². The van der Waals surface area contributed by atoms with Crippen molar-refractivity contribution in [3.8, 4) is 17.6 Å². The maximum Gasteiger partial charge on any atom is 0.294 e. The molecule has 5 rings (SSSR count). The van der Waals surface area contributed by atoms with Crippen LogP contribution in [0.15, 0.2) is 71.6 Å². The Balaban J connectivity index is 1.23. The minimum atomic E-state index is -0.537. The van der Waals surface area contributed by atoms with Crippen LogP contribution in [-0.2, 0) is 16.2 Å². The Morgan fingerprint density at radius 3 is 2.48 bits per heavy atom. The van der Waals surface area contributed by atoms with Crippen molar-refractivity contribution >= 4 is 52.2 Å². The lowest BCUT2D eigenvalue weighted by atomic mass is 10.1. The number of halogens is 1. The zero-order valence-electron chi connectivity index (χ0n) is 22.8. The zero-order chi connectivity index (χ0) is 29.6. The molecule has 0 N–H and O–H groups in total. The number of piperazine rings is 1. The molecule has 42 heavy (non-hydrogen) atoms. The second-order valence-electron chi connectivity index (χ2n) is 9.56. The van der Waals surface area contributed by atoms with Crippen LogP contribution >= 0.6 is 23.4 Å². The Labute approximate surface area is 252 Å². The van der Waals surface area contributed by atoms with E-state index in [4.69, 9.17) is 21.1 Å². The van der Waals surface area contributed by atoms with Gasteiger partial charge in [-0.15, -0.1) is 0 Å². The zero-order valence-corrected chi connectivity index (χ0v) is 24.4. The summed E-state index contributed by atoms with van der Waals surface area (Å²) in [5.41, 5.74) is 2.81. The molecule has 0 saturated carbocycles. The normalized spacial score (nSPS) is 16.1. The summed E-state index contributed by atoms with van der Waals surface area (Å²) in [5, 5.41) is 9.06. The number of thioether (sulfide) groups is 1. The largest absolute Gasteiger partial charge is 0.493 e. The van der Waals surface area contributed by atoms with Crippen molar-refractivity contribution in [1.82, 2.24) is 9.80 Å². The molecule has 0 spiro atoms. The summed E-state index contributed by atoms with van der Waals surface area (Å²) in [7, 11) is 1.46. The van der Waals surface area contributed by atoms with Crippen LogP contribution in [0, 0.1) is 11.3 Å². The first kappa shape index (κ1) is 29.0. The molecule has 214 valence electrons. The first-order valence-corrected chi connectivity index (χ1v) is 14.4. The van der Waals surface area contributed by atoms with E-state index in [1.165, 1.54) is 13.2 Å². The Morgan fingerprint density at radius 2 is 1.76 bits per heavy atom. The van der Waals surface area contributed by atoms with Crippen LogP contribution in [0.3, 0.4) is 0 Å². The fourth-order valence-electron chi connectivity index (χ4n) is 4.74. The lowest BCUT2D eigenvalue weighted by molar-refractivity contribution is -0.136. The highest BCUT2D eigenvalue weighted by Crippen LogP contribution is 2.39. The van der Waals surface area contributed by atoms with Gasteiger partial charge in [0.05, 0.1) is 28.7 Å². The van der Waals surface area contributed by atoms with E-state index in [2.05, 4.69) is 11.0 Å². The van der Waals surface area contributed by atoms with Gasteiger partial charge < -0.3 is 19.3 Å². The average Bonchev–Trinajstić information content (AvgIpc) is 3.27. The van der Waals surface area contributed by atoms with E-state index in [1.54, 1.807) is 35.2 Å². The number of para-hydroxylation sites is 1. The third kappa shape index (κ3) is 6.38. The molecule has 0 unspecified atom stereocenters. The molecule has 0 radical (unpaired) electrons. The fraction of sp³-hybridized carbons (Fsp3) is 0.226. The predicted octanol–water partition coefficient (Wildman–Crippen LogP) is 5.18. The average molecular weight is 603 g/mol. The van der Waals surface area contributed by atoms with E-state index in [9.17, 15) is 19.6 Å². The van der Waals surface area contributed by atoms with Crippen LogP contribution < -0.4 is 14.4 Å². The van der Waals surface area contributed by atoms with Crippen molar-refractivity contribution < 1.29 is 23.9 Å². The number of amides is 3. The molecule has 0 aliphatic carbocycles. The van der Waals surface area contributed by atoms with Gasteiger partial charge in [0.1, 0.15) is 13.2 Å². The second-order valence-corrected chi connectivity index (χ2v) is 11.0. The summed E-state index contributed by atoms with van der Waals surface area (Å²) < 4.78 is 11.4. The number of nitriles is 1. The number of hydrogen-bond donors (Lipinski definition) is 0. The molecule has 3 amide bonds. The maximum absolute atomic E-state index is 13.1. The Hall–Kier alpha value is -4.46. The molecule has 2 saturated heterocycles. The molecular formula is C31H27ClN4O5S. The topological polar surface area (TPSA) is 103 Å². The molecule has 0 aromatic heterocycles. The van der Waals surface area contributed by atoms with Crippen LogP contribution in [0.5, 0.6) is 11.5 Å². The lowest BCUT2D eigenvalue weighted by Gasteiger charge is -2.36. The lowest BCUT2D eigenvalue weighted by Crippen LogP contribution is -2.51. The van der Waals surface area contributed by atoms with Gasteiger partial charge in [-0.2, -0.15) is 5.26 Å². The number of nitrogens with zero attached hydrogens (tertiary/aromatic N) is 4. The number of benzene rings is 3. The molecule has 2 aliphatic rings. The van der Waals surface area contributed by atoms with Gasteiger partial charge in [-0.1, -0.05) is 48.0 Å². The van der Waals surface area contributed by atoms with Crippen LogP contribution in [0.25, 0.3) is 6.08 Å². The van der Waals surface area contributed by atoms with Gasteiger partial charge in [-0.05, 0) is 53.7 Å².